The monoisotopic (exact) mass is 256 g/mol. The first kappa shape index (κ1) is 10.1. The van der Waals surface area contributed by atoms with Crippen molar-refractivity contribution in [3.05, 3.63) is 72.9 Å². The van der Waals surface area contributed by atoms with Crippen LogP contribution in [0.25, 0.3) is 33.0 Å². The lowest BCUT2D eigenvalue weighted by molar-refractivity contribution is 1.22. The minimum Gasteiger partial charge on any atom is -0.313 e. The lowest BCUT2D eigenvalue weighted by Gasteiger charge is -2.08. The van der Waals surface area contributed by atoms with Crippen LogP contribution >= 0.6 is 0 Å². The Kier molecular flexibility index (Phi) is 1.73. The average molecular weight is 256 g/mol. The lowest BCUT2D eigenvalue weighted by Crippen LogP contribution is -1.94. The molecule has 3 heterocycles. The van der Waals surface area contributed by atoms with Gasteiger partial charge in [0.1, 0.15) is 0 Å². The van der Waals surface area contributed by atoms with Crippen LogP contribution < -0.4 is 0 Å². The molecule has 0 saturated carbocycles. The van der Waals surface area contributed by atoms with E-state index >= 15 is 0 Å². The Morgan fingerprint density at radius 3 is 2.10 bits per heavy atom. The fraction of sp³-hybridized carbons (Fsp3) is 0. The van der Waals surface area contributed by atoms with Gasteiger partial charge in [-0.15, -0.1) is 0 Å². The third-order valence-electron chi connectivity index (χ3n) is 4.10. The highest BCUT2D eigenvalue weighted by Gasteiger charge is 2.10. The van der Waals surface area contributed by atoms with Crippen molar-refractivity contribution in [2.75, 3.05) is 0 Å². The topological polar surface area (TPSA) is 8.82 Å². The maximum atomic E-state index is 2.36. The summed E-state index contributed by atoms with van der Waals surface area (Å²) in [5.74, 6) is 0. The molecule has 2 heteroatoms. The van der Waals surface area contributed by atoms with Gasteiger partial charge in [0.05, 0.1) is 27.6 Å². The van der Waals surface area contributed by atoms with E-state index in [4.69, 9.17) is 0 Å². The van der Waals surface area contributed by atoms with E-state index in [1.165, 1.54) is 33.0 Å². The summed E-state index contributed by atoms with van der Waals surface area (Å²) in [5.41, 5.74) is 6.26. The molecule has 0 aliphatic rings. The number of aromatic nitrogens is 2. The Morgan fingerprint density at radius 2 is 1.20 bits per heavy atom. The van der Waals surface area contributed by atoms with Gasteiger partial charge in [-0.05, 0) is 36.4 Å². The van der Waals surface area contributed by atoms with Gasteiger partial charge in [-0.2, -0.15) is 0 Å². The van der Waals surface area contributed by atoms with Crippen molar-refractivity contribution in [2.45, 2.75) is 0 Å². The van der Waals surface area contributed by atoms with Crippen LogP contribution in [0.4, 0.5) is 0 Å². The second-order valence-corrected chi connectivity index (χ2v) is 5.18. The number of hydrogen-bond donors (Lipinski definition) is 0. The van der Waals surface area contributed by atoms with E-state index in [-0.39, 0.29) is 0 Å². The highest BCUT2D eigenvalue weighted by Crippen LogP contribution is 2.29. The summed E-state index contributed by atoms with van der Waals surface area (Å²) in [7, 11) is 0. The molecule has 0 fully saturated rings. The van der Waals surface area contributed by atoms with Gasteiger partial charge in [-0.25, -0.2) is 0 Å². The van der Waals surface area contributed by atoms with Gasteiger partial charge in [-0.1, -0.05) is 30.3 Å². The molecule has 0 aliphatic carbocycles. The number of benzene rings is 2. The smallest absolute Gasteiger partial charge is 0.0710 e. The fourth-order valence-electron chi connectivity index (χ4n) is 3.26. The Balaban J connectivity index is 2.27. The number of nitrogens with zero attached hydrogens (tertiary/aromatic N) is 2. The molecule has 0 atom stereocenters. The molecule has 0 spiro atoms. The van der Waals surface area contributed by atoms with Crippen LogP contribution in [-0.2, 0) is 0 Å². The van der Waals surface area contributed by atoms with Crippen molar-refractivity contribution in [3.63, 3.8) is 0 Å². The predicted octanol–water partition coefficient (Wildman–Crippen LogP) is 4.50. The van der Waals surface area contributed by atoms with E-state index in [0.717, 1.165) is 0 Å². The molecule has 0 radical (unpaired) electrons. The summed E-state index contributed by atoms with van der Waals surface area (Å²) >= 11 is 0. The van der Waals surface area contributed by atoms with Crippen molar-refractivity contribution in [2.24, 2.45) is 0 Å². The molecule has 2 nitrogen and oxygen atoms in total. The summed E-state index contributed by atoms with van der Waals surface area (Å²) in [6, 6.07) is 23.7. The molecular formula is C18H12N2. The van der Waals surface area contributed by atoms with E-state index in [9.17, 15) is 0 Å². The Hall–Kier alpha value is -2.74. The number of fused-ring (bicyclic) bond motifs is 8. The summed E-state index contributed by atoms with van der Waals surface area (Å²) in [5, 5.41) is 1.28. The Morgan fingerprint density at radius 1 is 0.550 bits per heavy atom. The van der Waals surface area contributed by atoms with E-state index in [1.807, 2.05) is 0 Å². The zero-order valence-corrected chi connectivity index (χ0v) is 10.8. The van der Waals surface area contributed by atoms with Gasteiger partial charge in [0.15, 0.2) is 0 Å². The normalized spacial score (nSPS) is 12.0. The maximum Gasteiger partial charge on any atom is 0.0710 e. The van der Waals surface area contributed by atoms with Gasteiger partial charge in [-0.3, -0.25) is 0 Å². The zero-order valence-electron chi connectivity index (χ0n) is 10.8. The third kappa shape index (κ3) is 1.09. The molecule has 94 valence electrons. The maximum absolute atomic E-state index is 2.36. The molecule has 3 aromatic heterocycles. The quantitative estimate of drug-likeness (QED) is 0.386. The van der Waals surface area contributed by atoms with Crippen LogP contribution in [0.3, 0.4) is 0 Å². The highest BCUT2D eigenvalue weighted by molar-refractivity contribution is 5.99. The summed E-state index contributed by atoms with van der Waals surface area (Å²) in [6.07, 6.45) is 2.13. The summed E-state index contributed by atoms with van der Waals surface area (Å²) in [6.45, 7) is 0. The lowest BCUT2D eigenvalue weighted by atomic mass is 10.2. The SMILES string of the molecule is c1ccc2c(c1)cc1c3cccn3c3ccccc3n21. The van der Waals surface area contributed by atoms with Gasteiger partial charge >= 0.3 is 0 Å². The fourth-order valence-corrected chi connectivity index (χ4v) is 3.26. The third-order valence-corrected chi connectivity index (χ3v) is 4.10. The molecule has 5 rings (SSSR count). The number of para-hydroxylation sites is 3. The van der Waals surface area contributed by atoms with E-state index in [0.29, 0.717) is 0 Å². The van der Waals surface area contributed by atoms with Crippen molar-refractivity contribution in [1.29, 1.82) is 0 Å². The van der Waals surface area contributed by atoms with Crippen molar-refractivity contribution in [1.82, 2.24) is 8.80 Å². The highest BCUT2D eigenvalue weighted by atomic mass is 15.0. The molecule has 0 amide bonds. The van der Waals surface area contributed by atoms with Gasteiger partial charge in [0.25, 0.3) is 0 Å². The largest absolute Gasteiger partial charge is 0.313 e. The minimum absolute atomic E-state index is 1.24. The average Bonchev–Trinajstić information content (AvgIpc) is 3.12. The van der Waals surface area contributed by atoms with Crippen LogP contribution in [0.1, 0.15) is 0 Å². The summed E-state index contributed by atoms with van der Waals surface area (Å²) < 4.78 is 4.63. The van der Waals surface area contributed by atoms with Crippen LogP contribution in [0.5, 0.6) is 0 Å². The molecule has 0 bridgehead atoms. The Bertz CT molecular complexity index is 1090. The van der Waals surface area contributed by atoms with Crippen LogP contribution in [0.2, 0.25) is 0 Å². The molecular weight excluding hydrogens is 244 g/mol. The van der Waals surface area contributed by atoms with Gasteiger partial charge < -0.3 is 8.80 Å². The van der Waals surface area contributed by atoms with Crippen molar-refractivity contribution >= 4 is 33.0 Å². The second kappa shape index (κ2) is 3.42. The first-order valence-corrected chi connectivity index (χ1v) is 6.81. The van der Waals surface area contributed by atoms with Crippen LogP contribution in [0, 0.1) is 0 Å². The molecule has 5 aromatic rings. The molecule has 0 saturated heterocycles. The number of hydrogen-bond acceptors (Lipinski definition) is 0. The van der Waals surface area contributed by atoms with Gasteiger partial charge in [0, 0.05) is 11.6 Å². The zero-order chi connectivity index (χ0) is 13.1. The van der Waals surface area contributed by atoms with E-state index < -0.39 is 0 Å². The molecule has 20 heavy (non-hydrogen) atoms. The first-order valence-electron chi connectivity index (χ1n) is 6.81. The number of rotatable bonds is 0. The van der Waals surface area contributed by atoms with Gasteiger partial charge in [0.2, 0.25) is 0 Å². The Labute approximate surface area is 115 Å². The van der Waals surface area contributed by atoms with Crippen LogP contribution in [-0.4, -0.2) is 8.80 Å². The molecule has 0 unspecified atom stereocenters. The van der Waals surface area contributed by atoms with E-state index in [1.54, 1.807) is 0 Å². The first-order chi connectivity index (χ1) is 9.93. The predicted molar refractivity (Wildman–Crippen MR) is 83.4 cm³/mol. The van der Waals surface area contributed by atoms with Crippen molar-refractivity contribution in [3.8, 4) is 0 Å². The molecule has 0 aliphatic heterocycles. The van der Waals surface area contributed by atoms with Crippen molar-refractivity contribution < 1.29 is 0 Å². The van der Waals surface area contributed by atoms with Crippen LogP contribution in [0.15, 0.2) is 72.9 Å². The summed E-state index contributed by atoms with van der Waals surface area (Å²) in [4.78, 5) is 0. The molecule has 2 aromatic carbocycles. The second-order valence-electron chi connectivity index (χ2n) is 5.18. The molecule has 0 N–H and O–H groups in total. The minimum atomic E-state index is 1.24. The van der Waals surface area contributed by atoms with E-state index in [2.05, 4.69) is 81.7 Å². The standard InChI is InChI=1S/C18H12N2/c1-2-7-14-13(6-1)12-18-16-10-5-11-19(16)15-8-3-4-9-17(15)20(14)18/h1-12H.